The first-order chi connectivity index (χ1) is 8.78. The SMILES string of the molecule is CCOC(=O)c1cc(I)nc(OC(F)(F)F)c1CN. The molecule has 0 radical (unpaired) electrons. The Labute approximate surface area is 120 Å². The van der Waals surface area contributed by atoms with Crippen LogP contribution in [0.25, 0.3) is 0 Å². The minimum Gasteiger partial charge on any atom is -0.462 e. The van der Waals surface area contributed by atoms with Gasteiger partial charge >= 0.3 is 12.3 Å². The van der Waals surface area contributed by atoms with Crippen LogP contribution in [0.3, 0.4) is 0 Å². The number of hydrogen-bond donors (Lipinski definition) is 1. The first kappa shape index (κ1) is 16.0. The second-order valence-electron chi connectivity index (χ2n) is 3.25. The molecule has 1 aromatic rings. The van der Waals surface area contributed by atoms with Crippen LogP contribution >= 0.6 is 22.6 Å². The summed E-state index contributed by atoms with van der Waals surface area (Å²) in [5.41, 5.74) is 5.13. The highest BCUT2D eigenvalue weighted by atomic mass is 127. The Bertz CT molecular complexity index is 480. The van der Waals surface area contributed by atoms with Gasteiger partial charge in [-0.3, -0.25) is 0 Å². The van der Waals surface area contributed by atoms with Gasteiger partial charge in [0.25, 0.3) is 0 Å². The molecule has 1 rings (SSSR count). The van der Waals surface area contributed by atoms with Gasteiger partial charge in [-0.05, 0) is 35.6 Å². The Kier molecular flexibility index (Phi) is 5.35. The highest BCUT2D eigenvalue weighted by Crippen LogP contribution is 2.28. The largest absolute Gasteiger partial charge is 0.574 e. The maximum Gasteiger partial charge on any atom is 0.574 e. The minimum absolute atomic E-state index is 0.0806. The molecule has 0 unspecified atom stereocenters. The van der Waals surface area contributed by atoms with Crippen LogP contribution < -0.4 is 10.5 Å². The second kappa shape index (κ2) is 6.37. The van der Waals surface area contributed by atoms with Gasteiger partial charge in [-0.2, -0.15) is 0 Å². The summed E-state index contributed by atoms with van der Waals surface area (Å²) in [6.45, 7) is 1.35. The molecule has 2 N–H and O–H groups in total. The van der Waals surface area contributed by atoms with Crippen molar-refractivity contribution in [3.8, 4) is 5.88 Å². The van der Waals surface area contributed by atoms with Gasteiger partial charge in [0, 0.05) is 12.1 Å². The van der Waals surface area contributed by atoms with Crippen molar-refractivity contribution in [1.82, 2.24) is 4.98 Å². The highest BCUT2D eigenvalue weighted by molar-refractivity contribution is 14.1. The van der Waals surface area contributed by atoms with E-state index in [4.69, 9.17) is 10.5 Å². The molecule has 0 atom stereocenters. The highest BCUT2D eigenvalue weighted by Gasteiger charge is 2.34. The number of carbonyl (C=O) groups is 1. The maximum atomic E-state index is 12.2. The van der Waals surface area contributed by atoms with Gasteiger partial charge < -0.3 is 15.2 Å². The fraction of sp³-hybridized carbons (Fsp3) is 0.400. The van der Waals surface area contributed by atoms with Crippen molar-refractivity contribution < 1.29 is 27.4 Å². The molecule has 0 fully saturated rings. The van der Waals surface area contributed by atoms with Crippen LogP contribution in [0.15, 0.2) is 6.07 Å². The molecule has 0 aliphatic rings. The van der Waals surface area contributed by atoms with Crippen molar-refractivity contribution in [2.45, 2.75) is 19.8 Å². The Morgan fingerprint density at radius 1 is 1.53 bits per heavy atom. The molecular formula is C10H10F3IN2O3. The summed E-state index contributed by atoms with van der Waals surface area (Å²) in [5, 5.41) is 0. The van der Waals surface area contributed by atoms with Crippen LogP contribution in [0.2, 0.25) is 0 Å². The molecule has 0 saturated carbocycles. The van der Waals surface area contributed by atoms with Crippen molar-refractivity contribution in [3.05, 3.63) is 20.9 Å². The fourth-order valence-corrected chi connectivity index (χ4v) is 1.83. The molecule has 1 aromatic heterocycles. The van der Waals surface area contributed by atoms with E-state index in [-0.39, 0.29) is 28.0 Å². The van der Waals surface area contributed by atoms with Crippen molar-refractivity contribution in [2.75, 3.05) is 6.61 Å². The Balaban J connectivity index is 3.28. The maximum absolute atomic E-state index is 12.2. The summed E-state index contributed by atoms with van der Waals surface area (Å²) in [5.74, 6) is -1.50. The van der Waals surface area contributed by atoms with Gasteiger partial charge in [0.15, 0.2) is 0 Å². The molecule has 1 heterocycles. The third-order valence-electron chi connectivity index (χ3n) is 1.97. The van der Waals surface area contributed by atoms with Gasteiger partial charge in [-0.15, -0.1) is 13.2 Å². The summed E-state index contributed by atoms with van der Waals surface area (Å²) in [7, 11) is 0. The van der Waals surface area contributed by atoms with Crippen molar-refractivity contribution in [2.24, 2.45) is 5.73 Å². The summed E-state index contributed by atoms with van der Waals surface area (Å²) in [6.07, 6.45) is -4.91. The number of hydrogen-bond acceptors (Lipinski definition) is 5. The summed E-state index contributed by atoms with van der Waals surface area (Å²) in [6, 6.07) is 1.30. The Hall–Kier alpha value is -1.10. The van der Waals surface area contributed by atoms with E-state index in [9.17, 15) is 18.0 Å². The van der Waals surface area contributed by atoms with E-state index in [1.165, 1.54) is 6.07 Å². The molecule has 0 aliphatic heterocycles. The zero-order chi connectivity index (χ0) is 14.6. The molecule has 0 aliphatic carbocycles. The van der Waals surface area contributed by atoms with Gasteiger partial charge in [0.1, 0.15) is 3.70 Å². The van der Waals surface area contributed by atoms with Crippen LogP contribution in [0, 0.1) is 3.70 Å². The van der Waals surface area contributed by atoms with Crippen molar-refractivity contribution >= 4 is 28.6 Å². The van der Waals surface area contributed by atoms with E-state index in [0.29, 0.717) is 0 Å². The Morgan fingerprint density at radius 2 is 2.16 bits per heavy atom. The monoisotopic (exact) mass is 390 g/mol. The summed E-state index contributed by atoms with van der Waals surface area (Å²) < 4.78 is 45.4. The Morgan fingerprint density at radius 3 is 2.63 bits per heavy atom. The predicted molar refractivity (Wildman–Crippen MR) is 67.5 cm³/mol. The molecule has 0 amide bonds. The third-order valence-corrected chi connectivity index (χ3v) is 2.52. The van der Waals surface area contributed by atoms with E-state index in [0.717, 1.165) is 0 Å². The van der Waals surface area contributed by atoms with Gasteiger partial charge in [0.2, 0.25) is 5.88 Å². The lowest BCUT2D eigenvalue weighted by molar-refractivity contribution is -0.276. The number of carbonyl (C=O) groups excluding carboxylic acids is 1. The smallest absolute Gasteiger partial charge is 0.462 e. The lowest BCUT2D eigenvalue weighted by Crippen LogP contribution is -2.22. The third kappa shape index (κ3) is 4.49. The number of nitrogens with two attached hydrogens (primary N) is 1. The molecule has 5 nitrogen and oxygen atoms in total. The van der Waals surface area contributed by atoms with E-state index in [1.807, 2.05) is 0 Å². The van der Waals surface area contributed by atoms with Crippen molar-refractivity contribution in [1.29, 1.82) is 0 Å². The van der Waals surface area contributed by atoms with E-state index in [2.05, 4.69) is 9.72 Å². The van der Waals surface area contributed by atoms with Gasteiger partial charge in [-0.25, -0.2) is 9.78 Å². The number of pyridine rings is 1. The number of rotatable bonds is 4. The first-order valence-corrected chi connectivity index (χ1v) is 6.18. The number of halogens is 4. The predicted octanol–water partition coefficient (Wildman–Crippen LogP) is 2.22. The van der Waals surface area contributed by atoms with E-state index in [1.54, 1.807) is 29.5 Å². The molecule has 0 bridgehead atoms. The van der Waals surface area contributed by atoms with Crippen molar-refractivity contribution in [3.63, 3.8) is 0 Å². The van der Waals surface area contributed by atoms with Crippen LogP contribution in [0.5, 0.6) is 5.88 Å². The minimum atomic E-state index is -4.91. The van der Waals surface area contributed by atoms with E-state index < -0.39 is 18.2 Å². The molecule has 9 heteroatoms. The molecular weight excluding hydrogens is 380 g/mol. The van der Waals surface area contributed by atoms with Crippen LogP contribution in [-0.2, 0) is 11.3 Å². The normalized spacial score (nSPS) is 11.3. The quantitative estimate of drug-likeness (QED) is 0.485. The zero-order valence-electron chi connectivity index (χ0n) is 9.75. The average molecular weight is 390 g/mol. The number of esters is 1. The summed E-state index contributed by atoms with van der Waals surface area (Å²) in [4.78, 5) is 15.2. The fourth-order valence-electron chi connectivity index (χ4n) is 1.30. The summed E-state index contributed by atoms with van der Waals surface area (Å²) >= 11 is 1.67. The van der Waals surface area contributed by atoms with Gasteiger partial charge in [0.05, 0.1) is 12.2 Å². The van der Waals surface area contributed by atoms with Gasteiger partial charge in [-0.1, -0.05) is 0 Å². The lowest BCUT2D eigenvalue weighted by Gasteiger charge is -2.14. The molecule has 0 spiro atoms. The lowest BCUT2D eigenvalue weighted by atomic mass is 10.1. The number of alkyl halides is 3. The molecule has 19 heavy (non-hydrogen) atoms. The standard InChI is InChI=1S/C10H10F3IN2O3/c1-2-18-9(17)5-3-7(14)16-8(6(5)4-15)19-10(11,12)13/h3H,2,4,15H2,1H3. The van der Waals surface area contributed by atoms with Crippen LogP contribution in [0.1, 0.15) is 22.8 Å². The molecule has 0 aromatic carbocycles. The molecule has 106 valence electrons. The second-order valence-corrected chi connectivity index (χ2v) is 4.35. The first-order valence-electron chi connectivity index (χ1n) is 5.10. The topological polar surface area (TPSA) is 74.4 Å². The average Bonchev–Trinajstić information content (AvgIpc) is 2.26. The number of ether oxygens (including phenoxy) is 2. The van der Waals surface area contributed by atoms with E-state index >= 15 is 0 Å². The van der Waals surface area contributed by atoms with Crippen LogP contribution in [-0.4, -0.2) is 23.9 Å². The number of nitrogens with zero attached hydrogens (tertiary/aromatic N) is 1. The number of aromatic nitrogens is 1. The zero-order valence-corrected chi connectivity index (χ0v) is 11.9. The molecule has 0 saturated heterocycles. The van der Waals surface area contributed by atoms with Crippen LogP contribution in [0.4, 0.5) is 13.2 Å².